The molecule has 0 amide bonds. The van der Waals surface area contributed by atoms with Gasteiger partial charge in [0.25, 0.3) is 6.17 Å². The van der Waals surface area contributed by atoms with Gasteiger partial charge in [0, 0.05) is 43.4 Å². The van der Waals surface area contributed by atoms with Crippen molar-refractivity contribution < 1.29 is 8.99 Å². The van der Waals surface area contributed by atoms with Gasteiger partial charge in [-0.2, -0.15) is 0 Å². The topological polar surface area (TPSA) is 28.5 Å². The van der Waals surface area contributed by atoms with Crippen LogP contribution in [-0.4, -0.2) is 16.0 Å². The molecule has 0 radical (unpaired) electrons. The molecule has 0 bridgehead atoms. The summed E-state index contributed by atoms with van der Waals surface area (Å²) in [5.74, 6) is 0. The van der Waals surface area contributed by atoms with Gasteiger partial charge >= 0.3 is 0 Å². The van der Waals surface area contributed by atoms with Gasteiger partial charge in [-0.15, -0.1) is 11.3 Å². The van der Waals surface area contributed by atoms with E-state index in [4.69, 9.17) is 9.41 Å². The molecule has 1 unspecified atom stereocenters. The van der Waals surface area contributed by atoms with E-state index in [0.717, 1.165) is 46.2 Å². The highest BCUT2D eigenvalue weighted by molar-refractivity contribution is 7.26. The minimum atomic E-state index is -0.160. The number of benzene rings is 7. The lowest BCUT2D eigenvalue weighted by molar-refractivity contribution is -0.588. The summed E-state index contributed by atoms with van der Waals surface area (Å²) < 4.78 is 11.5. The van der Waals surface area contributed by atoms with Crippen molar-refractivity contribution in [2.45, 2.75) is 26.1 Å². The minimum absolute atomic E-state index is 0.160. The molecular formula is C46H33N2OS+. The maximum absolute atomic E-state index is 6.34. The highest BCUT2D eigenvalue weighted by atomic mass is 32.1. The van der Waals surface area contributed by atoms with E-state index in [1.807, 2.05) is 17.4 Å². The fourth-order valence-corrected chi connectivity index (χ4v) is 9.14. The molecule has 4 heteroatoms. The van der Waals surface area contributed by atoms with Gasteiger partial charge in [0.05, 0.1) is 17.7 Å². The van der Waals surface area contributed by atoms with Gasteiger partial charge in [0.2, 0.25) is 0 Å². The van der Waals surface area contributed by atoms with Gasteiger partial charge in [-0.05, 0) is 63.9 Å². The standard InChI is InChI=1S/C46H33N2OS/c1-29-25-40(32-26-31-15-5-6-16-33(31)39(27-32)35-19-12-23-42-44(35)37-18-7-9-22-41(37)49-42)47-46(48(29)28-30-13-3-2-4-14-30)38-21-11-20-36-34-17-8-10-24-43(34)50-45(36)38/h2-24,26-27,46H,25,28H2,1H3/q+1. The fraction of sp³-hybridized carbons (Fsp3) is 0.0870. The number of fused-ring (bicyclic) bond motifs is 7. The predicted molar refractivity (Wildman–Crippen MR) is 211 cm³/mol. The zero-order valence-corrected chi connectivity index (χ0v) is 28.5. The maximum atomic E-state index is 6.34. The largest absolute Gasteiger partial charge is 0.456 e. The van der Waals surface area contributed by atoms with Crippen molar-refractivity contribution in [1.82, 2.24) is 0 Å². The lowest BCUT2D eigenvalue weighted by Gasteiger charge is -2.23. The fourth-order valence-electron chi connectivity index (χ4n) is 7.90. The van der Waals surface area contributed by atoms with Crippen LogP contribution in [0.1, 0.15) is 36.2 Å². The molecule has 0 saturated carbocycles. The monoisotopic (exact) mass is 661 g/mol. The summed E-state index contributed by atoms with van der Waals surface area (Å²) in [5.41, 5.74) is 10.3. The van der Waals surface area contributed by atoms with E-state index in [1.165, 1.54) is 58.9 Å². The van der Waals surface area contributed by atoms with Gasteiger partial charge in [0.1, 0.15) is 11.2 Å². The number of hydrogen-bond acceptors (Lipinski definition) is 3. The first-order valence-corrected chi connectivity index (χ1v) is 18.0. The van der Waals surface area contributed by atoms with Crippen LogP contribution in [0.15, 0.2) is 161 Å². The van der Waals surface area contributed by atoms with E-state index in [0.29, 0.717) is 0 Å². The lowest BCUT2D eigenvalue weighted by Crippen LogP contribution is -2.30. The average molecular weight is 662 g/mol. The Bertz CT molecular complexity index is 2840. The molecule has 3 heterocycles. The summed E-state index contributed by atoms with van der Waals surface area (Å²) in [4.78, 5) is 5.72. The zero-order chi connectivity index (χ0) is 33.2. The first-order valence-electron chi connectivity index (χ1n) is 17.2. The van der Waals surface area contributed by atoms with Gasteiger partial charge < -0.3 is 4.42 Å². The Hall–Kier alpha value is -5.84. The molecule has 50 heavy (non-hydrogen) atoms. The molecule has 10 rings (SSSR count). The highest BCUT2D eigenvalue weighted by Crippen LogP contribution is 2.42. The normalized spacial score (nSPS) is 15.1. The van der Waals surface area contributed by atoms with Crippen LogP contribution in [0, 0.1) is 0 Å². The van der Waals surface area contributed by atoms with E-state index >= 15 is 0 Å². The van der Waals surface area contributed by atoms with Crippen molar-refractivity contribution in [1.29, 1.82) is 0 Å². The third kappa shape index (κ3) is 4.71. The van der Waals surface area contributed by atoms with Crippen LogP contribution in [0.2, 0.25) is 0 Å². The van der Waals surface area contributed by atoms with Crippen molar-refractivity contribution >= 4 is 75.6 Å². The Balaban J connectivity index is 1.19. The molecule has 1 atom stereocenters. The molecule has 9 aromatic rings. The van der Waals surface area contributed by atoms with Crippen LogP contribution in [0.25, 0.3) is 64.0 Å². The molecular weight excluding hydrogens is 629 g/mol. The SMILES string of the molecule is CC1=[N+](Cc2ccccc2)C(c2cccc3c2sc2ccccc23)N=C(c2cc(-c3cccc4oc5ccccc5c34)c3ccccc3c2)C1. The average Bonchev–Trinajstić information content (AvgIpc) is 3.74. The molecule has 1 aliphatic heterocycles. The van der Waals surface area contributed by atoms with Crippen molar-refractivity contribution in [3.8, 4) is 11.1 Å². The summed E-state index contributed by atoms with van der Waals surface area (Å²) >= 11 is 1.88. The Morgan fingerprint density at radius 1 is 0.660 bits per heavy atom. The van der Waals surface area contributed by atoms with Crippen LogP contribution in [0.5, 0.6) is 0 Å². The Labute approximate surface area is 294 Å². The summed E-state index contributed by atoms with van der Waals surface area (Å²) in [6.07, 6.45) is 0.620. The van der Waals surface area contributed by atoms with Crippen LogP contribution in [-0.2, 0) is 6.54 Å². The minimum Gasteiger partial charge on any atom is -0.456 e. The first-order chi connectivity index (χ1) is 24.7. The van der Waals surface area contributed by atoms with Crippen molar-refractivity contribution in [3.63, 3.8) is 0 Å². The molecule has 7 aromatic carbocycles. The number of thiophene rings is 1. The van der Waals surface area contributed by atoms with Crippen LogP contribution in [0.4, 0.5) is 0 Å². The van der Waals surface area contributed by atoms with E-state index in [9.17, 15) is 0 Å². The summed E-state index contributed by atoms with van der Waals surface area (Å²) in [6, 6.07) is 54.5. The number of furan rings is 1. The second-order valence-corrected chi connectivity index (χ2v) is 14.4. The summed E-state index contributed by atoms with van der Waals surface area (Å²) in [5, 5.41) is 7.34. The van der Waals surface area contributed by atoms with E-state index in [-0.39, 0.29) is 6.17 Å². The Morgan fingerprint density at radius 3 is 2.28 bits per heavy atom. The number of aliphatic imine (C=N–C) groups is 1. The van der Waals surface area contributed by atoms with Crippen molar-refractivity contribution in [2.24, 2.45) is 4.99 Å². The van der Waals surface area contributed by atoms with Gasteiger partial charge in [-0.1, -0.05) is 115 Å². The van der Waals surface area contributed by atoms with Crippen molar-refractivity contribution in [3.05, 3.63) is 168 Å². The molecule has 238 valence electrons. The number of para-hydroxylation sites is 1. The molecule has 2 aromatic heterocycles. The quantitative estimate of drug-likeness (QED) is 0.169. The van der Waals surface area contributed by atoms with E-state index in [1.54, 1.807) is 0 Å². The lowest BCUT2D eigenvalue weighted by atomic mass is 9.90. The second kappa shape index (κ2) is 11.6. The van der Waals surface area contributed by atoms with Crippen LogP contribution in [0.3, 0.4) is 0 Å². The Kier molecular flexibility index (Phi) is 6.78. The zero-order valence-electron chi connectivity index (χ0n) is 27.6. The van der Waals surface area contributed by atoms with Crippen LogP contribution >= 0.6 is 11.3 Å². The number of rotatable bonds is 5. The Morgan fingerprint density at radius 2 is 1.38 bits per heavy atom. The van der Waals surface area contributed by atoms with Gasteiger partial charge in [-0.3, -0.25) is 0 Å². The molecule has 1 aliphatic rings. The third-order valence-corrected chi connectivity index (χ3v) is 11.5. The molecule has 0 aliphatic carbocycles. The van der Waals surface area contributed by atoms with Gasteiger partial charge in [0.15, 0.2) is 12.3 Å². The van der Waals surface area contributed by atoms with Gasteiger partial charge in [-0.25, -0.2) is 9.57 Å². The third-order valence-electron chi connectivity index (χ3n) is 10.3. The summed E-state index contributed by atoms with van der Waals surface area (Å²) in [7, 11) is 0. The number of nitrogens with zero attached hydrogens (tertiary/aromatic N) is 2. The molecule has 0 N–H and O–H groups in total. The summed E-state index contributed by atoms with van der Waals surface area (Å²) in [6.45, 7) is 3.09. The highest BCUT2D eigenvalue weighted by Gasteiger charge is 2.33. The molecule has 0 fully saturated rings. The number of hydrogen-bond donors (Lipinski definition) is 0. The van der Waals surface area contributed by atoms with Crippen molar-refractivity contribution in [2.75, 3.05) is 0 Å². The van der Waals surface area contributed by atoms with E-state index in [2.05, 4.69) is 157 Å². The van der Waals surface area contributed by atoms with Crippen LogP contribution < -0.4 is 0 Å². The molecule has 0 saturated heterocycles. The second-order valence-electron chi connectivity index (χ2n) is 13.3. The smallest absolute Gasteiger partial charge is 0.273 e. The van der Waals surface area contributed by atoms with E-state index < -0.39 is 0 Å². The first kappa shape index (κ1) is 29.1. The predicted octanol–water partition coefficient (Wildman–Crippen LogP) is 12.3. The molecule has 3 nitrogen and oxygen atoms in total. The maximum Gasteiger partial charge on any atom is 0.273 e. The molecule has 0 spiro atoms.